The maximum absolute atomic E-state index is 11.5. The third-order valence-electron chi connectivity index (χ3n) is 2.33. The fraction of sp³-hybridized carbons (Fsp3) is 0.455. The lowest BCUT2D eigenvalue weighted by Crippen LogP contribution is -2.40. The SMILES string of the molecule is CC(C)CN1CC(=O)Nc2ccc(Cl)nc21. The molecule has 5 heteroatoms. The van der Waals surface area contributed by atoms with Crippen LogP contribution in [-0.4, -0.2) is 24.0 Å². The van der Waals surface area contributed by atoms with Crippen molar-refractivity contribution in [1.29, 1.82) is 0 Å². The summed E-state index contributed by atoms with van der Waals surface area (Å²) in [5.41, 5.74) is 0.737. The number of hydrogen-bond acceptors (Lipinski definition) is 3. The summed E-state index contributed by atoms with van der Waals surface area (Å²) in [6, 6.07) is 3.47. The van der Waals surface area contributed by atoms with Gasteiger partial charge in [-0.05, 0) is 18.1 Å². The maximum Gasteiger partial charge on any atom is 0.244 e. The molecule has 1 amide bonds. The first kappa shape index (κ1) is 11.2. The zero-order valence-electron chi connectivity index (χ0n) is 9.33. The van der Waals surface area contributed by atoms with E-state index in [0.717, 1.165) is 18.1 Å². The molecular formula is C11H14ClN3O. The van der Waals surface area contributed by atoms with Crippen LogP contribution in [0.4, 0.5) is 11.5 Å². The number of hydrogen-bond donors (Lipinski definition) is 1. The number of nitrogens with one attached hydrogen (secondary N) is 1. The molecule has 0 aromatic carbocycles. The Bertz CT molecular complexity index is 420. The minimum atomic E-state index is -0.00253. The van der Waals surface area contributed by atoms with E-state index in [0.29, 0.717) is 17.6 Å². The Balaban J connectivity index is 2.35. The Morgan fingerprint density at radius 3 is 3.00 bits per heavy atom. The fourth-order valence-corrected chi connectivity index (χ4v) is 1.94. The molecule has 1 aliphatic heterocycles. The van der Waals surface area contributed by atoms with Gasteiger partial charge in [-0.3, -0.25) is 4.79 Å². The standard InChI is InChI=1S/C11H14ClN3O/c1-7(2)5-15-6-10(16)13-8-3-4-9(12)14-11(8)15/h3-4,7H,5-6H2,1-2H3,(H,13,16). The highest BCUT2D eigenvalue weighted by Crippen LogP contribution is 2.29. The number of aromatic nitrogens is 1. The second-order valence-corrected chi connectivity index (χ2v) is 4.71. The number of carbonyl (C=O) groups excluding carboxylic acids is 1. The van der Waals surface area contributed by atoms with Crippen molar-refractivity contribution in [3.05, 3.63) is 17.3 Å². The Labute approximate surface area is 99.6 Å². The van der Waals surface area contributed by atoms with Crippen LogP contribution >= 0.6 is 11.6 Å². The monoisotopic (exact) mass is 239 g/mol. The molecule has 1 N–H and O–H groups in total. The van der Waals surface area contributed by atoms with E-state index in [1.807, 2.05) is 4.90 Å². The molecule has 0 radical (unpaired) electrons. The molecule has 1 aromatic rings. The predicted octanol–water partition coefficient (Wildman–Crippen LogP) is 2.15. The Hall–Kier alpha value is -1.29. The maximum atomic E-state index is 11.5. The number of anilines is 2. The summed E-state index contributed by atoms with van der Waals surface area (Å²) < 4.78 is 0. The second-order valence-electron chi connectivity index (χ2n) is 4.33. The van der Waals surface area contributed by atoms with Gasteiger partial charge in [-0.1, -0.05) is 25.4 Å². The molecule has 4 nitrogen and oxygen atoms in total. The molecule has 16 heavy (non-hydrogen) atoms. The third-order valence-corrected chi connectivity index (χ3v) is 2.55. The van der Waals surface area contributed by atoms with Crippen molar-refractivity contribution in [3.63, 3.8) is 0 Å². The molecule has 0 saturated carbocycles. The first-order chi connectivity index (χ1) is 7.56. The molecule has 0 spiro atoms. The van der Waals surface area contributed by atoms with Gasteiger partial charge in [0.15, 0.2) is 5.82 Å². The quantitative estimate of drug-likeness (QED) is 0.805. The number of pyridine rings is 1. The minimum absolute atomic E-state index is 0.00253. The summed E-state index contributed by atoms with van der Waals surface area (Å²) >= 11 is 5.86. The van der Waals surface area contributed by atoms with Gasteiger partial charge in [-0.25, -0.2) is 4.98 Å². The smallest absolute Gasteiger partial charge is 0.244 e. The van der Waals surface area contributed by atoms with Crippen molar-refractivity contribution in [2.45, 2.75) is 13.8 Å². The highest BCUT2D eigenvalue weighted by Gasteiger charge is 2.23. The van der Waals surface area contributed by atoms with Crippen molar-refractivity contribution in [2.24, 2.45) is 5.92 Å². The van der Waals surface area contributed by atoms with Crippen molar-refractivity contribution in [3.8, 4) is 0 Å². The van der Waals surface area contributed by atoms with E-state index in [4.69, 9.17) is 11.6 Å². The van der Waals surface area contributed by atoms with Crippen molar-refractivity contribution in [2.75, 3.05) is 23.3 Å². The van der Waals surface area contributed by atoms with Gasteiger partial charge in [0.1, 0.15) is 5.15 Å². The normalized spacial score (nSPS) is 15.0. The number of fused-ring (bicyclic) bond motifs is 1. The molecule has 2 heterocycles. The lowest BCUT2D eigenvalue weighted by atomic mass is 10.2. The molecular weight excluding hydrogens is 226 g/mol. The van der Waals surface area contributed by atoms with Crippen LogP contribution in [0.5, 0.6) is 0 Å². The van der Waals surface area contributed by atoms with Crippen LogP contribution in [0.3, 0.4) is 0 Å². The van der Waals surface area contributed by atoms with E-state index >= 15 is 0 Å². The van der Waals surface area contributed by atoms with E-state index in [9.17, 15) is 4.79 Å². The summed E-state index contributed by atoms with van der Waals surface area (Å²) in [6.07, 6.45) is 0. The molecule has 1 aliphatic rings. The summed E-state index contributed by atoms with van der Waals surface area (Å²) in [6.45, 7) is 5.36. The molecule has 0 bridgehead atoms. The molecule has 2 rings (SSSR count). The number of amides is 1. The first-order valence-electron chi connectivity index (χ1n) is 5.27. The summed E-state index contributed by atoms with van der Waals surface area (Å²) in [4.78, 5) is 17.7. The lowest BCUT2D eigenvalue weighted by Gasteiger charge is -2.30. The predicted molar refractivity (Wildman–Crippen MR) is 64.9 cm³/mol. The van der Waals surface area contributed by atoms with Gasteiger partial charge < -0.3 is 10.2 Å². The zero-order valence-corrected chi connectivity index (χ0v) is 10.1. The number of rotatable bonds is 2. The van der Waals surface area contributed by atoms with Gasteiger partial charge in [0.2, 0.25) is 5.91 Å². The van der Waals surface area contributed by atoms with Gasteiger partial charge in [0, 0.05) is 6.54 Å². The van der Waals surface area contributed by atoms with E-state index < -0.39 is 0 Å². The Morgan fingerprint density at radius 2 is 2.31 bits per heavy atom. The third kappa shape index (κ3) is 2.27. The first-order valence-corrected chi connectivity index (χ1v) is 5.65. The molecule has 0 saturated heterocycles. The Kier molecular flexibility index (Phi) is 3.01. The van der Waals surface area contributed by atoms with Crippen LogP contribution in [0.15, 0.2) is 12.1 Å². The molecule has 86 valence electrons. The van der Waals surface area contributed by atoms with Gasteiger partial charge in [0.05, 0.1) is 12.2 Å². The highest BCUT2D eigenvalue weighted by molar-refractivity contribution is 6.29. The van der Waals surface area contributed by atoms with Crippen LogP contribution in [0, 0.1) is 5.92 Å². The second kappa shape index (κ2) is 4.29. The van der Waals surface area contributed by atoms with E-state index in [2.05, 4.69) is 24.1 Å². The number of nitrogens with zero attached hydrogens (tertiary/aromatic N) is 2. The molecule has 0 fully saturated rings. The molecule has 0 unspecified atom stereocenters. The zero-order chi connectivity index (χ0) is 11.7. The molecule has 0 aliphatic carbocycles. The average Bonchev–Trinajstić information content (AvgIpc) is 2.18. The van der Waals surface area contributed by atoms with Gasteiger partial charge in [0.25, 0.3) is 0 Å². The van der Waals surface area contributed by atoms with Crippen molar-refractivity contribution < 1.29 is 4.79 Å². The van der Waals surface area contributed by atoms with Crippen molar-refractivity contribution in [1.82, 2.24) is 4.98 Å². The van der Waals surface area contributed by atoms with Crippen LogP contribution in [-0.2, 0) is 4.79 Å². The van der Waals surface area contributed by atoms with Crippen LogP contribution in [0.2, 0.25) is 5.15 Å². The van der Waals surface area contributed by atoms with Gasteiger partial charge in [-0.2, -0.15) is 0 Å². The molecule has 1 aromatic heterocycles. The highest BCUT2D eigenvalue weighted by atomic mass is 35.5. The van der Waals surface area contributed by atoms with E-state index in [1.54, 1.807) is 12.1 Å². The summed E-state index contributed by atoms with van der Waals surface area (Å²) in [5.74, 6) is 1.23. The summed E-state index contributed by atoms with van der Waals surface area (Å²) in [5, 5.41) is 3.24. The van der Waals surface area contributed by atoms with Crippen LogP contribution < -0.4 is 10.2 Å². The van der Waals surface area contributed by atoms with Gasteiger partial charge >= 0.3 is 0 Å². The topological polar surface area (TPSA) is 45.2 Å². The Morgan fingerprint density at radius 1 is 1.56 bits per heavy atom. The number of carbonyl (C=O) groups is 1. The average molecular weight is 240 g/mol. The van der Waals surface area contributed by atoms with E-state index in [-0.39, 0.29) is 5.91 Å². The largest absolute Gasteiger partial charge is 0.345 e. The fourth-order valence-electron chi connectivity index (χ4n) is 1.79. The lowest BCUT2D eigenvalue weighted by molar-refractivity contribution is -0.115. The molecule has 0 atom stereocenters. The van der Waals surface area contributed by atoms with Crippen LogP contribution in [0.25, 0.3) is 0 Å². The van der Waals surface area contributed by atoms with Crippen molar-refractivity contribution >= 4 is 29.0 Å². The summed E-state index contributed by atoms with van der Waals surface area (Å²) in [7, 11) is 0. The number of halogens is 1. The van der Waals surface area contributed by atoms with Gasteiger partial charge in [-0.15, -0.1) is 0 Å². The van der Waals surface area contributed by atoms with E-state index in [1.165, 1.54) is 0 Å². The van der Waals surface area contributed by atoms with Crippen LogP contribution in [0.1, 0.15) is 13.8 Å². The minimum Gasteiger partial charge on any atom is -0.345 e.